The minimum absolute atomic E-state index is 0.0267. The number of likely N-dealkylation sites (tertiary alicyclic amines) is 1. The molecule has 3 rings (SSSR count). The van der Waals surface area contributed by atoms with Gasteiger partial charge in [-0.25, -0.2) is 4.98 Å². The summed E-state index contributed by atoms with van der Waals surface area (Å²) >= 11 is 0. The summed E-state index contributed by atoms with van der Waals surface area (Å²) in [6.45, 7) is 1.15. The third kappa shape index (κ3) is 4.55. The predicted octanol–water partition coefficient (Wildman–Crippen LogP) is 2.97. The zero-order valence-corrected chi connectivity index (χ0v) is 14.3. The molecule has 1 spiro atoms. The number of pyridine rings is 1. The number of nitrogens with one attached hydrogen (secondary N) is 1. The normalized spacial score (nSPS) is 19.8. The van der Waals surface area contributed by atoms with Crippen molar-refractivity contribution in [3.63, 3.8) is 0 Å². The highest BCUT2D eigenvalue weighted by Crippen LogP contribution is 2.47. The predicted molar refractivity (Wildman–Crippen MR) is 88.5 cm³/mol. The Labute approximate surface area is 145 Å². The van der Waals surface area contributed by atoms with Gasteiger partial charge in [-0.05, 0) is 36.3 Å². The van der Waals surface area contributed by atoms with Crippen LogP contribution in [0.2, 0.25) is 0 Å². The van der Waals surface area contributed by atoms with Gasteiger partial charge in [-0.15, -0.1) is 0 Å². The van der Waals surface area contributed by atoms with Crippen molar-refractivity contribution < 1.29 is 17.9 Å². The lowest BCUT2D eigenvalue weighted by Crippen LogP contribution is -2.42. The van der Waals surface area contributed by atoms with E-state index < -0.39 is 12.8 Å². The monoisotopic (exact) mass is 356 g/mol. The molecule has 2 heterocycles. The molecule has 1 aliphatic heterocycles. The Bertz CT molecular complexity index is 629. The molecule has 8 heteroatoms. The molecule has 0 amide bonds. The minimum Gasteiger partial charge on any atom is -0.468 e. The van der Waals surface area contributed by atoms with Gasteiger partial charge < -0.3 is 15.0 Å². The van der Waals surface area contributed by atoms with Gasteiger partial charge in [-0.1, -0.05) is 6.42 Å². The Morgan fingerprint density at radius 1 is 1.40 bits per heavy atom. The van der Waals surface area contributed by atoms with Gasteiger partial charge in [0.25, 0.3) is 0 Å². The van der Waals surface area contributed by atoms with Crippen LogP contribution in [0.1, 0.15) is 31.2 Å². The van der Waals surface area contributed by atoms with Crippen LogP contribution in [0.15, 0.2) is 23.3 Å². The van der Waals surface area contributed by atoms with Gasteiger partial charge in [0.1, 0.15) is 0 Å². The first-order valence-electron chi connectivity index (χ1n) is 8.49. The molecule has 2 aliphatic rings. The molecule has 1 aromatic heterocycles. The molecular weight excluding hydrogens is 333 g/mol. The molecule has 1 saturated heterocycles. The smallest absolute Gasteiger partial charge is 0.422 e. The number of guanidine groups is 1. The maximum atomic E-state index is 12.2. The van der Waals surface area contributed by atoms with Gasteiger partial charge in [0, 0.05) is 38.9 Å². The first-order valence-corrected chi connectivity index (χ1v) is 8.49. The van der Waals surface area contributed by atoms with Crippen molar-refractivity contribution in [2.24, 2.45) is 10.4 Å². The highest BCUT2D eigenvalue weighted by atomic mass is 19.4. The van der Waals surface area contributed by atoms with E-state index in [0.29, 0.717) is 12.0 Å². The van der Waals surface area contributed by atoms with Gasteiger partial charge in [-0.3, -0.25) is 4.99 Å². The Morgan fingerprint density at radius 2 is 2.20 bits per heavy atom. The number of aromatic nitrogens is 1. The minimum atomic E-state index is -4.37. The molecule has 0 atom stereocenters. The van der Waals surface area contributed by atoms with Gasteiger partial charge in [0.05, 0.1) is 0 Å². The van der Waals surface area contributed by atoms with E-state index >= 15 is 0 Å². The summed E-state index contributed by atoms with van der Waals surface area (Å²) in [6.07, 6.45) is 2.20. The first-order chi connectivity index (χ1) is 11.9. The summed E-state index contributed by atoms with van der Waals surface area (Å²) in [5, 5.41) is 3.28. The van der Waals surface area contributed by atoms with Crippen molar-refractivity contribution in [2.75, 3.05) is 26.7 Å². The molecule has 1 aromatic rings. The highest BCUT2D eigenvalue weighted by molar-refractivity contribution is 5.80. The third-order valence-corrected chi connectivity index (χ3v) is 5.00. The number of alkyl halides is 3. The molecule has 5 nitrogen and oxygen atoms in total. The SMILES string of the molecule is CN=C(NCc1ccnc(OCC(F)(F)F)c1)N1CCC2(CCC2)C1. The second kappa shape index (κ2) is 7.09. The fourth-order valence-electron chi connectivity index (χ4n) is 3.51. The summed E-state index contributed by atoms with van der Waals surface area (Å²) in [5.74, 6) is 0.805. The number of hydrogen-bond donors (Lipinski definition) is 1. The van der Waals surface area contributed by atoms with Crippen LogP contribution in [0.4, 0.5) is 13.2 Å². The summed E-state index contributed by atoms with van der Waals surface area (Å²) in [4.78, 5) is 10.4. The average Bonchev–Trinajstić information content (AvgIpc) is 2.99. The van der Waals surface area contributed by atoms with Crippen LogP contribution < -0.4 is 10.1 Å². The van der Waals surface area contributed by atoms with E-state index in [1.165, 1.54) is 37.9 Å². The molecule has 138 valence electrons. The van der Waals surface area contributed by atoms with Crippen LogP contribution in [0.3, 0.4) is 0 Å². The maximum Gasteiger partial charge on any atom is 0.422 e. The lowest BCUT2D eigenvalue weighted by atomic mass is 9.68. The van der Waals surface area contributed by atoms with E-state index in [4.69, 9.17) is 0 Å². The summed E-state index contributed by atoms with van der Waals surface area (Å²) < 4.78 is 41.4. The van der Waals surface area contributed by atoms with Gasteiger partial charge >= 0.3 is 6.18 Å². The van der Waals surface area contributed by atoms with Crippen molar-refractivity contribution in [1.29, 1.82) is 0 Å². The summed E-state index contributed by atoms with van der Waals surface area (Å²) in [7, 11) is 1.75. The number of halogens is 3. The Hall–Kier alpha value is -1.99. The van der Waals surface area contributed by atoms with Crippen LogP contribution in [0, 0.1) is 5.41 Å². The van der Waals surface area contributed by atoms with E-state index in [-0.39, 0.29) is 5.88 Å². The second-order valence-electron chi connectivity index (χ2n) is 6.83. The Kier molecular flexibility index (Phi) is 5.06. The van der Waals surface area contributed by atoms with Crippen molar-refractivity contribution >= 4 is 5.96 Å². The van der Waals surface area contributed by atoms with Gasteiger partial charge in [-0.2, -0.15) is 13.2 Å². The number of hydrogen-bond acceptors (Lipinski definition) is 3. The topological polar surface area (TPSA) is 49.8 Å². The van der Waals surface area contributed by atoms with E-state index in [1.54, 1.807) is 13.1 Å². The molecule has 25 heavy (non-hydrogen) atoms. The molecular formula is C17H23F3N4O. The van der Waals surface area contributed by atoms with E-state index in [0.717, 1.165) is 24.6 Å². The van der Waals surface area contributed by atoms with Gasteiger partial charge in [0.15, 0.2) is 12.6 Å². The van der Waals surface area contributed by atoms with Crippen LogP contribution in [0.25, 0.3) is 0 Å². The lowest BCUT2D eigenvalue weighted by Gasteiger charge is -2.38. The maximum absolute atomic E-state index is 12.2. The van der Waals surface area contributed by atoms with E-state index in [9.17, 15) is 13.2 Å². The highest BCUT2D eigenvalue weighted by Gasteiger charge is 2.43. The Morgan fingerprint density at radius 3 is 2.80 bits per heavy atom. The standard InChI is InChI=1S/C17H23F3N4O/c1-21-15(24-8-6-16(11-24)4-2-5-16)23-10-13-3-7-22-14(9-13)25-12-17(18,19)20/h3,7,9H,2,4-6,8,10-12H2,1H3,(H,21,23). The number of rotatable bonds is 4. The molecule has 1 N–H and O–H groups in total. The van der Waals surface area contributed by atoms with Crippen molar-refractivity contribution in [1.82, 2.24) is 15.2 Å². The van der Waals surface area contributed by atoms with E-state index in [2.05, 4.69) is 24.9 Å². The summed E-state index contributed by atoms with van der Waals surface area (Å²) in [6, 6.07) is 3.27. The fraction of sp³-hybridized carbons (Fsp3) is 0.647. The van der Waals surface area contributed by atoms with E-state index in [1.807, 2.05) is 0 Å². The van der Waals surface area contributed by atoms with Crippen molar-refractivity contribution in [3.8, 4) is 5.88 Å². The van der Waals surface area contributed by atoms with Gasteiger partial charge in [0.2, 0.25) is 5.88 Å². The average molecular weight is 356 g/mol. The molecule has 2 fully saturated rings. The molecule has 0 radical (unpaired) electrons. The molecule has 0 bridgehead atoms. The number of nitrogens with zero attached hydrogens (tertiary/aromatic N) is 3. The molecule has 1 saturated carbocycles. The lowest BCUT2D eigenvalue weighted by molar-refractivity contribution is -0.154. The summed E-state index contributed by atoms with van der Waals surface area (Å²) in [5.41, 5.74) is 1.28. The molecule has 0 aromatic carbocycles. The number of ether oxygens (including phenoxy) is 1. The van der Waals surface area contributed by atoms with Crippen molar-refractivity contribution in [2.45, 2.75) is 38.4 Å². The quantitative estimate of drug-likeness (QED) is 0.666. The zero-order valence-electron chi connectivity index (χ0n) is 14.3. The van der Waals surface area contributed by atoms with Crippen LogP contribution >= 0.6 is 0 Å². The fourth-order valence-corrected chi connectivity index (χ4v) is 3.51. The zero-order chi connectivity index (χ0) is 17.9. The van der Waals surface area contributed by atoms with Crippen LogP contribution in [-0.4, -0.2) is 48.8 Å². The molecule has 1 aliphatic carbocycles. The van der Waals surface area contributed by atoms with Crippen LogP contribution in [-0.2, 0) is 6.54 Å². The third-order valence-electron chi connectivity index (χ3n) is 5.00. The Balaban J connectivity index is 1.53. The largest absolute Gasteiger partial charge is 0.468 e. The van der Waals surface area contributed by atoms with Crippen LogP contribution in [0.5, 0.6) is 5.88 Å². The number of aliphatic imine (C=N–C) groups is 1. The van der Waals surface area contributed by atoms with Crippen molar-refractivity contribution in [3.05, 3.63) is 23.9 Å². The second-order valence-corrected chi connectivity index (χ2v) is 6.83. The molecule has 0 unspecified atom stereocenters. The first kappa shape index (κ1) is 17.8.